The summed E-state index contributed by atoms with van der Waals surface area (Å²) in [5.41, 5.74) is 2.00. The van der Waals surface area contributed by atoms with Gasteiger partial charge >= 0.3 is 0 Å². The molecular weight excluding hydrogens is 281 g/mol. The molecule has 0 N–H and O–H groups in total. The van der Waals surface area contributed by atoms with Gasteiger partial charge in [-0.25, -0.2) is 9.37 Å². The van der Waals surface area contributed by atoms with Crippen LogP contribution < -0.4 is 4.74 Å². The summed E-state index contributed by atoms with van der Waals surface area (Å²) in [6.07, 6.45) is 0.718. The van der Waals surface area contributed by atoms with E-state index in [0.29, 0.717) is 17.2 Å². The number of hydrogen-bond donors (Lipinski definition) is 0. The van der Waals surface area contributed by atoms with Crippen molar-refractivity contribution in [3.63, 3.8) is 0 Å². The first-order valence-electron chi connectivity index (χ1n) is 6.71. The molecule has 0 atom stereocenters. The number of aromatic nitrogens is 1. The van der Waals surface area contributed by atoms with Crippen LogP contribution in [0.2, 0.25) is 0 Å². The molecule has 3 aromatic rings. The van der Waals surface area contributed by atoms with E-state index >= 15 is 0 Å². The smallest absolute Gasteiger partial charge is 0.168 e. The van der Waals surface area contributed by atoms with E-state index in [4.69, 9.17) is 4.74 Å². The average Bonchev–Trinajstić information content (AvgIpc) is 2.58. The maximum atomic E-state index is 12.8. The lowest BCUT2D eigenvalue weighted by Crippen LogP contribution is -1.90. The van der Waals surface area contributed by atoms with Gasteiger partial charge in [0.2, 0.25) is 0 Å². The predicted molar refractivity (Wildman–Crippen MR) is 81.5 cm³/mol. The van der Waals surface area contributed by atoms with Gasteiger partial charge in [-0.15, -0.1) is 0 Å². The number of halogens is 1. The zero-order valence-electron chi connectivity index (χ0n) is 11.6. The molecule has 0 bridgehead atoms. The van der Waals surface area contributed by atoms with Crippen molar-refractivity contribution in [2.45, 2.75) is 0 Å². The third-order valence-electron chi connectivity index (χ3n) is 3.09. The number of carbonyl (C=O) groups excluding carboxylic acids is 1. The summed E-state index contributed by atoms with van der Waals surface area (Å²) in [5.74, 6) is 0.904. The van der Waals surface area contributed by atoms with Gasteiger partial charge in [-0.2, -0.15) is 0 Å². The maximum absolute atomic E-state index is 12.8. The zero-order chi connectivity index (χ0) is 15.4. The van der Waals surface area contributed by atoms with Gasteiger partial charge in [-0.05, 0) is 60.7 Å². The Labute approximate surface area is 127 Å². The normalized spacial score (nSPS) is 10.2. The first-order valence-corrected chi connectivity index (χ1v) is 6.71. The monoisotopic (exact) mass is 293 g/mol. The Morgan fingerprint density at radius 2 is 1.50 bits per heavy atom. The highest BCUT2D eigenvalue weighted by atomic mass is 19.1. The molecule has 1 heterocycles. The molecule has 1 aromatic heterocycles. The summed E-state index contributed by atoms with van der Waals surface area (Å²) in [4.78, 5) is 15.0. The molecule has 4 heteroatoms. The third-order valence-corrected chi connectivity index (χ3v) is 3.09. The molecule has 2 aromatic carbocycles. The van der Waals surface area contributed by atoms with Crippen molar-refractivity contribution in [2.75, 3.05) is 0 Å². The summed E-state index contributed by atoms with van der Waals surface area (Å²) in [6, 6.07) is 18.4. The van der Waals surface area contributed by atoms with Crippen LogP contribution in [0, 0.1) is 5.82 Å². The number of ether oxygens (including phenoxy) is 1. The van der Waals surface area contributed by atoms with E-state index in [2.05, 4.69) is 4.98 Å². The number of carbonyl (C=O) groups is 1. The van der Waals surface area contributed by atoms with E-state index in [-0.39, 0.29) is 5.82 Å². The fourth-order valence-electron chi connectivity index (χ4n) is 2.01. The molecule has 0 radical (unpaired) electrons. The fourth-order valence-corrected chi connectivity index (χ4v) is 2.01. The van der Waals surface area contributed by atoms with E-state index in [1.54, 1.807) is 36.4 Å². The first kappa shape index (κ1) is 13.9. The number of hydrogen-bond acceptors (Lipinski definition) is 3. The van der Waals surface area contributed by atoms with Crippen LogP contribution in [0.1, 0.15) is 10.5 Å². The molecule has 0 spiro atoms. The Morgan fingerprint density at radius 1 is 0.864 bits per heavy atom. The maximum Gasteiger partial charge on any atom is 0.168 e. The van der Waals surface area contributed by atoms with Crippen molar-refractivity contribution in [2.24, 2.45) is 0 Å². The van der Waals surface area contributed by atoms with Gasteiger partial charge in [-0.3, -0.25) is 4.79 Å². The first-order chi connectivity index (χ1) is 10.7. The standard InChI is InChI=1S/C18H12FNO2/c19-14-6-10-17(11-7-14)22-16-8-4-13(5-9-16)18-3-1-2-15(12-21)20-18/h1-12H. The predicted octanol–water partition coefficient (Wildman–Crippen LogP) is 4.49. The van der Waals surface area contributed by atoms with Gasteiger partial charge in [0, 0.05) is 5.56 Å². The van der Waals surface area contributed by atoms with Gasteiger partial charge < -0.3 is 4.74 Å². The van der Waals surface area contributed by atoms with Crippen LogP contribution in [0.15, 0.2) is 66.7 Å². The van der Waals surface area contributed by atoms with Crippen molar-refractivity contribution in [3.05, 3.63) is 78.2 Å². The minimum absolute atomic E-state index is 0.302. The molecule has 0 saturated carbocycles. The number of benzene rings is 2. The Hall–Kier alpha value is -3.01. The van der Waals surface area contributed by atoms with E-state index in [1.165, 1.54) is 12.1 Å². The lowest BCUT2D eigenvalue weighted by Gasteiger charge is -2.07. The molecule has 3 nitrogen and oxygen atoms in total. The summed E-state index contributed by atoms with van der Waals surface area (Å²) in [6.45, 7) is 0. The molecule has 0 aliphatic rings. The Morgan fingerprint density at radius 3 is 2.14 bits per heavy atom. The lowest BCUT2D eigenvalue weighted by molar-refractivity contribution is 0.111. The summed E-state index contributed by atoms with van der Waals surface area (Å²) < 4.78 is 18.5. The highest BCUT2D eigenvalue weighted by Crippen LogP contribution is 2.25. The van der Waals surface area contributed by atoms with Crippen molar-refractivity contribution in [1.82, 2.24) is 4.98 Å². The molecule has 108 valence electrons. The summed E-state index contributed by atoms with van der Waals surface area (Å²) in [7, 11) is 0. The SMILES string of the molecule is O=Cc1cccc(-c2ccc(Oc3ccc(F)cc3)cc2)n1. The Kier molecular flexibility index (Phi) is 3.92. The van der Waals surface area contributed by atoms with Crippen molar-refractivity contribution >= 4 is 6.29 Å². The molecular formula is C18H12FNO2. The van der Waals surface area contributed by atoms with E-state index in [9.17, 15) is 9.18 Å². The molecule has 0 unspecified atom stereocenters. The number of nitrogens with zero attached hydrogens (tertiary/aromatic N) is 1. The highest BCUT2D eigenvalue weighted by molar-refractivity contribution is 5.73. The van der Waals surface area contributed by atoms with Crippen LogP contribution >= 0.6 is 0 Å². The van der Waals surface area contributed by atoms with Gasteiger partial charge in [0.25, 0.3) is 0 Å². The van der Waals surface area contributed by atoms with Crippen molar-refractivity contribution < 1.29 is 13.9 Å². The summed E-state index contributed by atoms with van der Waals surface area (Å²) >= 11 is 0. The van der Waals surface area contributed by atoms with Gasteiger partial charge in [0.1, 0.15) is 23.0 Å². The fraction of sp³-hybridized carbons (Fsp3) is 0. The van der Waals surface area contributed by atoms with E-state index in [1.807, 2.05) is 18.2 Å². The number of pyridine rings is 1. The van der Waals surface area contributed by atoms with Crippen molar-refractivity contribution in [3.8, 4) is 22.8 Å². The summed E-state index contributed by atoms with van der Waals surface area (Å²) in [5, 5.41) is 0. The minimum Gasteiger partial charge on any atom is -0.457 e. The zero-order valence-corrected chi connectivity index (χ0v) is 11.6. The molecule has 0 amide bonds. The molecule has 3 rings (SSSR count). The van der Waals surface area contributed by atoms with Crippen LogP contribution in [-0.4, -0.2) is 11.3 Å². The molecule has 22 heavy (non-hydrogen) atoms. The number of aldehydes is 1. The Balaban J connectivity index is 1.80. The van der Waals surface area contributed by atoms with Crippen LogP contribution in [0.4, 0.5) is 4.39 Å². The Bertz CT molecular complexity index is 783. The van der Waals surface area contributed by atoms with Crippen LogP contribution in [0.3, 0.4) is 0 Å². The lowest BCUT2D eigenvalue weighted by atomic mass is 10.1. The molecule has 0 fully saturated rings. The molecule has 0 saturated heterocycles. The van der Waals surface area contributed by atoms with Gasteiger partial charge in [0.15, 0.2) is 6.29 Å². The molecule has 0 aliphatic carbocycles. The van der Waals surface area contributed by atoms with Crippen molar-refractivity contribution in [1.29, 1.82) is 0 Å². The van der Waals surface area contributed by atoms with Gasteiger partial charge in [-0.1, -0.05) is 6.07 Å². The minimum atomic E-state index is -0.302. The van der Waals surface area contributed by atoms with Crippen LogP contribution in [0.25, 0.3) is 11.3 Å². The average molecular weight is 293 g/mol. The largest absolute Gasteiger partial charge is 0.457 e. The van der Waals surface area contributed by atoms with E-state index in [0.717, 1.165) is 17.5 Å². The third kappa shape index (κ3) is 3.17. The second kappa shape index (κ2) is 6.18. The second-order valence-electron chi connectivity index (χ2n) is 4.65. The second-order valence-corrected chi connectivity index (χ2v) is 4.65. The molecule has 0 aliphatic heterocycles. The van der Waals surface area contributed by atoms with Gasteiger partial charge in [0.05, 0.1) is 5.69 Å². The quantitative estimate of drug-likeness (QED) is 0.665. The van der Waals surface area contributed by atoms with Crippen LogP contribution in [-0.2, 0) is 0 Å². The van der Waals surface area contributed by atoms with Crippen LogP contribution in [0.5, 0.6) is 11.5 Å². The number of rotatable bonds is 4. The van der Waals surface area contributed by atoms with E-state index < -0.39 is 0 Å². The highest BCUT2D eigenvalue weighted by Gasteiger charge is 2.02. The topological polar surface area (TPSA) is 39.2 Å².